The van der Waals surface area contributed by atoms with Gasteiger partial charge in [-0.25, -0.2) is 9.37 Å². The Bertz CT molecular complexity index is 911. The van der Waals surface area contributed by atoms with Crippen molar-refractivity contribution >= 4 is 22.2 Å². The van der Waals surface area contributed by atoms with Gasteiger partial charge in [-0.3, -0.25) is 0 Å². The Kier molecular flexibility index (Phi) is 4.05. The van der Waals surface area contributed by atoms with E-state index in [0.29, 0.717) is 23.8 Å². The molecular formula is C19H18FN3OS. The number of rotatable bonds is 3. The van der Waals surface area contributed by atoms with Crippen LogP contribution in [0.5, 0.6) is 5.75 Å². The maximum atomic E-state index is 14.1. The maximum Gasteiger partial charge on any atom is 0.180 e. The van der Waals surface area contributed by atoms with Crippen LogP contribution >= 0.6 is 11.3 Å². The minimum atomic E-state index is -0.188. The molecular weight excluding hydrogens is 337 g/mol. The molecule has 128 valence electrons. The van der Waals surface area contributed by atoms with Crippen LogP contribution in [0.25, 0.3) is 11.3 Å². The van der Waals surface area contributed by atoms with Gasteiger partial charge in [-0.2, -0.15) is 0 Å². The standard InChI is InChI=1S/C19H18FN3OS/c1-12-9-23(10-14-4-2-3-5-15(14)20)17-8-13(6-7-18(17)24-12)16-11-25-19(21)22-16/h2-8,11-12H,9-10H2,1H3,(H2,21,22). The third kappa shape index (κ3) is 3.17. The average Bonchev–Trinajstić information content (AvgIpc) is 3.03. The van der Waals surface area contributed by atoms with Gasteiger partial charge in [0, 0.05) is 23.1 Å². The van der Waals surface area contributed by atoms with E-state index in [1.807, 2.05) is 42.6 Å². The molecule has 25 heavy (non-hydrogen) atoms. The van der Waals surface area contributed by atoms with Crippen molar-refractivity contribution in [1.82, 2.24) is 4.98 Å². The topological polar surface area (TPSA) is 51.4 Å². The number of nitrogens with zero attached hydrogens (tertiary/aromatic N) is 2. The molecule has 1 aliphatic rings. The molecule has 3 aromatic rings. The SMILES string of the molecule is CC1CN(Cc2ccccc2F)c2cc(-c3csc(N)n3)ccc2O1. The molecule has 6 heteroatoms. The highest BCUT2D eigenvalue weighted by Crippen LogP contribution is 2.38. The molecule has 0 saturated carbocycles. The Labute approximate surface area is 149 Å². The van der Waals surface area contributed by atoms with Crippen molar-refractivity contribution in [3.63, 3.8) is 0 Å². The summed E-state index contributed by atoms with van der Waals surface area (Å²) in [6.45, 7) is 3.21. The summed E-state index contributed by atoms with van der Waals surface area (Å²) in [4.78, 5) is 6.50. The molecule has 0 radical (unpaired) electrons. The van der Waals surface area contributed by atoms with Crippen molar-refractivity contribution in [2.75, 3.05) is 17.2 Å². The predicted octanol–water partition coefficient (Wildman–Crippen LogP) is 4.32. The van der Waals surface area contributed by atoms with Gasteiger partial charge >= 0.3 is 0 Å². The lowest BCUT2D eigenvalue weighted by atomic mass is 10.1. The lowest BCUT2D eigenvalue weighted by Crippen LogP contribution is -2.38. The Morgan fingerprint density at radius 1 is 1.32 bits per heavy atom. The van der Waals surface area contributed by atoms with Crippen LogP contribution in [0.2, 0.25) is 0 Å². The number of hydrogen-bond donors (Lipinski definition) is 1. The first-order valence-corrected chi connectivity index (χ1v) is 8.98. The Morgan fingerprint density at radius 2 is 2.16 bits per heavy atom. The van der Waals surface area contributed by atoms with E-state index in [-0.39, 0.29) is 11.9 Å². The number of fused-ring (bicyclic) bond motifs is 1. The van der Waals surface area contributed by atoms with E-state index < -0.39 is 0 Å². The Morgan fingerprint density at radius 3 is 2.92 bits per heavy atom. The van der Waals surface area contributed by atoms with Crippen molar-refractivity contribution in [2.24, 2.45) is 0 Å². The molecule has 2 aromatic carbocycles. The van der Waals surface area contributed by atoms with Crippen LogP contribution in [0.4, 0.5) is 15.2 Å². The zero-order valence-electron chi connectivity index (χ0n) is 13.8. The number of benzene rings is 2. The highest BCUT2D eigenvalue weighted by atomic mass is 32.1. The molecule has 2 N–H and O–H groups in total. The highest BCUT2D eigenvalue weighted by Gasteiger charge is 2.24. The maximum absolute atomic E-state index is 14.1. The van der Waals surface area contributed by atoms with E-state index in [4.69, 9.17) is 10.5 Å². The van der Waals surface area contributed by atoms with Gasteiger partial charge in [0.2, 0.25) is 0 Å². The smallest absolute Gasteiger partial charge is 0.180 e. The first-order valence-electron chi connectivity index (χ1n) is 8.10. The van der Waals surface area contributed by atoms with Gasteiger partial charge in [-0.05, 0) is 31.2 Å². The van der Waals surface area contributed by atoms with Crippen LogP contribution in [-0.4, -0.2) is 17.6 Å². The van der Waals surface area contributed by atoms with Crippen LogP contribution in [0, 0.1) is 5.82 Å². The van der Waals surface area contributed by atoms with Crippen molar-refractivity contribution < 1.29 is 9.13 Å². The molecule has 0 saturated heterocycles. The second-order valence-corrected chi connectivity index (χ2v) is 7.04. The number of aromatic nitrogens is 1. The van der Waals surface area contributed by atoms with E-state index in [1.54, 1.807) is 6.07 Å². The summed E-state index contributed by atoms with van der Waals surface area (Å²) in [5.74, 6) is 0.619. The summed E-state index contributed by atoms with van der Waals surface area (Å²) < 4.78 is 20.0. The van der Waals surface area contributed by atoms with Crippen molar-refractivity contribution in [3.05, 3.63) is 59.2 Å². The molecule has 1 aliphatic heterocycles. The molecule has 4 rings (SSSR count). The van der Waals surface area contributed by atoms with Gasteiger partial charge in [-0.15, -0.1) is 11.3 Å². The lowest BCUT2D eigenvalue weighted by Gasteiger charge is -2.35. The summed E-state index contributed by atoms with van der Waals surface area (Å²) in [5.41, 5.74) is 9.19. The van der Waals surface area contributed by atoms with Gasteiger partial charge in [0.1, 0.15) is 17.7 Å². The van der Waals surface area contributed by atoms with E-state index in [1.165, 1.54) is 17.4 Å². The zero-order chi connectivity index (χ0) is 17.4. The van der Waals surface area contributed by atoms with Crippen molar-refractivity contribution in [3.8, 4) is 17.0 Å². The third-order valence-corrected chi connectivity index (χ3v) is 4.92. The number of halogens is 1. The van der Waals surface area contributed by atoms with Crippen LogP contribution in [0.3, 0.4) is 0 Å². The number of hydrogen-bond acceptors (Lipinski definition) is 5. The molecule has 0 bridgehead atoms. The first kappa shape index (κ1) is 15.9. The second kappa shape index (κ2) is 6.37. The van der Waals surface area contributed by atoms with Crippen LogP contribution in [-0.2, 0) is 6.54 Å². The fourth-order valence-corrected chi connectivity index (χ4v) is 3.66. The van der Waals surface area contributed by atoms with Gasteiger partial charge in [0.05, 0.1) is 17.9 Å². The molecule has 0 fully saturated rings. The van der Waals surface area contributed by atoms with E-state index >= 15 is 0 Å². The monoisotopic (exact) mass is 355 g/mol. The second-order valence-electron chi connectivity index (χ2n) is 6.15. The number of nitrogens with two attached hydrogens (primary N) is 1. The highest BCUT2D eigenvalue weighted by molar-refractivity contribution is 7.13. The van der Waals surface area contributed by atoms with E-state index in [9.17, 15) is 4.39 Å². The van der Waals surface area contributed by atoms with Gasteiger partial charge in [-0.1, -0.05) is 18.2 Å². The average molecular weight is 355 g/mol. The fourth-order valence-electron chi connectivity index (χ4n) is 3.09. The Balaban J connectivity index is 1.71. The molecule has 0 amide bonds. The first-order chi connectivity index (χ1) is 12.1. The van der Waals surface area contributed by atoms with Crippen LogP contribution in [0.15, 0.2) is 47.8 Å². The minimum absolute atomic E-state index is 0.0417. The fraction of sp³-hybridized carbons (Fsp3) is 0.211. The normalized spacial score (nSPS) is 16.4. The number of anilines is 2. The van der Waals surface area contributed by atoms with Crippen LogP contribution in [0.1, 0.15) is 12.5 Å². The van der Waals surface area contributed by atoms with Gasteiger partial charge in [0.15, 0.2) is 5.13 Å². The van der Waals surface area contributed by atoms with Crippen molar-refractivity contribution in [1.29, 1.82) is 0 Å². The van der Waals surface area contributed by atoms with Crippen LogP contribution < -0.4 is 15.4 Å². The largest absolute Gasteiger partial charge is 0.487 e. The third-order valence-electron chi connectivity index (χ3n) is 4.24. The molecule has 1 aromatic heterocycles. The Hall–Kier alpha value is -2.60. The van der Waals surface area contributed by atoms with Gasteiger partial charge < -0.3 is 15.4 Å². The predicted molar refractivity (Wildman–Crippen MR) is 99.5 cm³/mol. The quantitative estimate of drug-likeness (QED) is 0.760. The summed E-state index contributed by atoms with van der Waals surface area (Å²) in [6.07, 6.45) is 0.0417. The van der Waals surface area contributed by atoms with Crippen molar-refractivity contribution in [2.45, 2.75) is 19.6 Å². The molecule has 1 atom stereocenters. The summed E-state index contributed by atoms with van der Waals surface area (Å²) in [6, 6.07) is 12.8. The summed E-state index contributed by atoms with van der Waals surface area (Å²) in [7, 11) is 0. The molecule has 2 heterocycles. The number of ether oxygens (including phenoxy) is 1. The van der Waals surface area contributed by atoms with E-state index in [2.05, 4.69) is 9.88 Å². The minimum Gasteiger partial charge on any atom is -0.487 e. The molecule has 0 aliphatic carbocycles. The number of nitrogen functional groups attached to an aromatic ring is 1. The molecule has 0 spiro atoms. The van der Waals surface area contributed by atoms with E-state index in [0.717, 1.165) is 22.7 Å². The number of thiazole rings is 1. The lowest BCUT2D eigenvalue weighted by molar-refractivity contribution is 0.212. The summed E-state index contributed by atoms with van der Waals surface area (Å²) >= 11 is 1.41. The zero-order valence-corrected chi connectivity index (χ0v) is 14.6. The summed E-state index contributed by atoms with van der Waals surface area (Å²) in [5, 5.41) is 2.48. The molecule has 4 nitrogen and oxygen atoms in total. The molecule has 1 unspecified atom stereocenters. The van der Waals surface area contributed by atoms with Gasteiger partial charge in [0.25, 0.3) is 0 Å².